The lowest BCUT2D eigenvalue weighted by atomic mass is 10.2. The van der Waals surface area contributed by atoms with E-state index in [1.807, 2.05) is 36.4 Å². The monoisotopic (exact) mass is 363 g/mol. The number of ether oxygens (including phenoxy) is 1. The van der Waals surface area contributed by atoms with Gasteiger partial charge in [0.1, 0.15) is 5.75 Å². The smallest absolute Gasteiger partial charge is 0.166 e. The maximum absolute atomic E-state index is 5.78. The summed E-state index contributed by atoms with van der Waals surface area (Å²) in [5, 5.41) is 0.880. The Bertz CT molecular complexity index is 788. The molecular formula is C15H14BrN3OS. The molecule has 3 rings (SSSR count). The van der Waals surface area contributed by atoms with E-state index in [1.165, 1.54) is 5.56 Å². The molecule has 0 saturated heterocycles. The van der Waals surface area contributed by atoms with Crippen molar-refractivity contribution in [2.24, 2.45) is 0 Å². The first-order valence-corrected chi connectivity index (χ1v) is 8.14. The van der Waals surface area contributed by atoms with Gasteiger partial charge in [0.2, 0.25) is 0 Å². The number of anilines is 1. The van der Waals surface area contributed by atoms with Gasteiger partial charge in [-0.2, -0.15) is 0 Å². The van der Waals surface area contributed by atoms with Gasteiger partial charge in [0, 0.05) is 15.9 Å². The first kappa shape index (κ1) is 14.3. The summed E-state index contributed by atoms with van der Waals surface area (Å²) in [7, 11) is 1.67. The highest BCUT2D eigenvalue weighted by molar-refractivity contribution is 9.10. The van der Waals surface area contributed by atoms with Crippen molar-refractivity contribution in [3.8, 4) is 5.75 Å². The summed E-state index contributed by atoms with van der Waals surface area (Å²) in [6.45, 7) is 0. The molecule has 6 heteroatoms. The van der Waals surface area contributed by atoms with Gasteiger partial charge in [0.05, 0.1) is 18.1 Å². The molecule has 108 valence electrons. The largest absolute Gasteiger partial charge is 0.497 e. The van der Waals surface area contributed by atoms with Crippen molar-refractivity contribution in [1.29, 1.82) is 0 Å². The summed E-state index contributed by atoms with van der Waals surface area (Å²) in [6, 6.07) is 11.6. The minimum absolute atomic E-state index is 0.734. The zero-order valence-corrected chi connectivity index (χ0v) is 13.8. The molecule has 2 aromatic carbocycles. The number of hydrogen-bond acceptors (Lipinski definition) is 4. The van der Waals surface area contributed by atoms with Gasteiger partial charge in [-0.05, 0) is 42.0 Å². The number of thioether (sulfide) groups is 1. The minimum atomic E-state index is 0.734. The number of benzene rings is 2. The molecule has 1 aromatic heterocycles. The van der Waals surface area contributed by atoms with Crippen LogP contribution < -0.4 is 10.5 Å². The Hall–Kier alpha value is -1.66. The van der Waals surface area contributed by atoms with Gasteiger partial charge >= 0.3 is 0 Å². The highest BCUT2D eigenvalue weighted by Crippen LogP contribution is 2.29. The van der Waals surface area contributed by atoms with Gasteiger partial charge in [0.15, 0.2) is 5.16 Å². The number of imidazole rings is 1. The van der Waals surface area contributed by atoms with E-state index in [1.54, 1.807) is 18.9 Å². The maximum Gasteiger partial charge on any atom is 0.166 e. The number of hydrogen-bond donors (Lipinski definition) is 2. The summed E-state index contributed by atoms with van der Waals surface area (Å²) in [4.78, 5) is 7.83. The molecule has 0 fully saturated rings. The molecule has 0 bridgehead atoms. The van der Waals surface area contributed by atoms with Crippen molar-refractivity contribution in [1.82, 2.24) is 9.97 Å². The second kappa shape index (κ2) is 5.99. The van der Waals surface area contributed by atoms with Crippen molar-refractivity contribution in [3.05, 3.63) is 46.4 Å². The van der Waals surface area contributed by atoms with E-state index >= 15 is 0 Å². The van der Waals surface area contributed by atoms with Crippen molar-refractivity contribution in [2.75, 3.05) is 12.8 Å². The molecule has 0 atom stereocenters. The second-order valence-electron chi connectivity index (χ2n) is 4.56. The van der Waals surface area contributed by atoms with Crippen LogP contribution in [0, 0.1) is 0 Å². The lowest BCUT2D eigenvalue weighted by molar-refractivity contribution is 0.414. The predicted molar refractivity (Wildman–Crippen MR) is 90.8 cm³/mol. The molecule has 0 aliphatic heterocycles. The van der Waals surface area contributed by atoms with Crippen LogP contribution in [0.3, 0.4) is 0 Å². The Morgan fingerprint density at radius 2 is 2.14 bits per heavy atom. The van der Waals surface area contributed by atoms with Crippen LogP contribution in [0.25, 0.3) is 11.0 Å². The number of aromatic amines is 1. The van der Waals surface area contributed by atoms with Crippen molar-refractivity contribution in [3.63, 3.8) is 0 Å². The SMILES string of the molecule is COc1ccc(Br)c(CSc2nc3ccc(N)cc3[nH]2)c1. The highest BCUT2D eigenvalue weighted by atomic mass is 79.9. The summed E-state index contributed by atoms with van der Waals surface area (Å²) in [6.07, 6.45) is 0. The van der Waals surface area contributed by atoms with Crippen LogP contribution in [0.1, 0.15) is 5.56 Å². The Balaban J connectivity index is 1.80. The lowest BCUT2D eigenvalue weighted by Crippen LogP contribution is -1.88. The number of halogens is 1. The fourth-order valence-corrected chi connectivity index (χ4v) is 3.46. The molecule has 21 heavy (non-hydrogen) atoms. The molecule has 0 unspecified atom stereocenters. The van der Waals surface area contributed by atoms with Crippen molar-refractivity contribution < 1.29 is 4.74 Å². The molecule has 1 heterocycles. The number of rotatable bonds is 4. The molecule has 0 aliphatic carbocycles. The quantitative estimate of drug-likeness (QED) is 0.538. The summed E-state index contributed by atoms with van der Waals surface area (Å²) < 4.78 is 6.32. The molecule has 0 aliphatic rings. The fourth-order valence-electron chi connectivity index (χ4n) is 2.01. The number of aromatic nitrogens is 2. The Morgan fingerprint density at radius 3 is 2.95 bits per heavy atom. The number of fused-ring (bicyclic) bond motifs is 1. The fraction of sp³-hybridized carbons (Fsp3) is 0.133. The molecule has 3 N–H and O–H groups in total. The average molecular weight is 364 g/mol. The van der Waals surface area contributed by atoms with Crippen molar-refractivity contribution >= 4 is 44.4 Å². The lowest BCUT2D eigenvalue weighted by Gasteiger charge is -2.06. The van der Waals surface area contributed by atoms with E-state index in [0.717, 1.165) is 37.9 Å². The number of H-pyrrole nitrogens is 1. The summed E-state index contributed by atoms with van der Waals surface area (Å²) >= 11 is 5.21. The number of nitrogens with two attached hydrogens (primary N) is 1. The summed E-state index contributed by atoms with van der Waals surface area (Å²) in [5.74, 6) is 1.65. The third kappa shape index (κ3) is 3.16. The zero-order valence-electron chi connectivity index (χ0n) is 11.4. The van der Waals surface area contributed by atoms with Gasteiger partial charge in [-0.25, -0.2) is 4.98 Å². The maximum atomic E-state index is 5.78. The molecule has 0 spiro atoms. The minimum Gasteiger partial charge on any atom is -0.497 e. The van der Waals surface area contributed by atoms with Crippen LogP contribution in [0.15, 0.2) is 46.0 Å². The van der Waals surface area contributed by atoms with E-state index < -0.39 is 0 Å². The third-order valence-electron chi connectivity index (χ3n) is 3.10. The van der Waals surface area contributed by atoms with Crippen LogP contribution in [0.5, 0.6) is 5.75 Å². The molecule has 0 saturated carbocycles. The number of methoxy groups -OCH3 is 1. The van der Waals surface area contributed by atoms with Crippen LogP contribution in [0.2, 0.25) is 0 Å². The molecule has 0 radical (unpaired) electrons. The first-order chi connectivity index (χ1) is 10.2. The van der Waals surface area contributed by atoms with E-state index in [-0.39, 0.29) is 0 Å². The van der Waals surface area contributed by atoms with Gasteiger partial charge in [-0.1, -0.05) is 27.7 Å². The topological polar surface area (TPSA) is 63.9 Å². The first-order valence-electron chi connectivity index (χ1n) is 6.36. The molecular weight excluding hydrogens is 350 g/mol. The molecule has 4 nitrogen and oxygen atoms in total. The van der Waals surface area contributed by atoms with Gasteiger partial charge in [-0.3, -0.25) is 0 Å². The van der Waals surface area contributed by atoms with Crippen LogP contribution >= 0.6 is 27.7 Å². The summed E-state index contributed by atoms with van der Waals surface area (Å²) in [5.41, 5.74) is 9.56. The van der Waals surface area contributed by atoms with Gasteiger partial charge < -0.3 is 15.5 Å². The van der Waals surface area contributed by atoms with Crippen molar-refractivity contribution in [2.45, 2.75) is 10.9 Å². The highest BCUT2D eigenvalue weighted by Gasteiger charge is 2.07. The normalized spacial score (nSPS) is 11.0. The number of nitrogen functional groups attached to an aromatic ring is 1. The van der Waals surface area contributed by atoms with E-state index in [9.17, 15) is 0 Å². The third-order valence-corrected chi connectivity index (χ3v) is 4.80. The van der Waals surface area contributed by atoms with Gasteiger partial charge in [0.25, 0.3) is 0 Å². The standard InChI is InChI=1S/C15H14BrN3OS/c1-20-11-3-4-12(16)9(6-11)8-21-15-18-13-5-2-10(17)7-14(13)19-15/h2-7H,8,17H2,1H3,(H,18,19). The van der Waals surface area contributed by atoms with E-state index in [0.29, 0.717) is 0 Å². The van der Waals surface area contributed by atoms with Crippen LogP contribution in [-0.2, 0) is 5.75 Å². The number of nitrogens with one attached hydrogen (secondary N) is 1. The Labute approximate surface area is 135 Å². The second-order valence-corrected chi connectivity index (χ2v) is 6.38. The zero-order chi connectivity index (χ0) is 14.8. The van der Waals surface area contributed by atoms with Gasteiger partial charge in [-0.15, -0.1) is 0 Å². The predicted octanol–water partition coefficient (Wildman–Crippen LogP) is 4.21. The van der Waals surface area contributed by atoms with Crippen LogP contribution in [-0.4, -0.2) is 17.1 Å². The Morgan fingerprint density at radius 1 is 1.29 bits per heavy atom. The number of nitrogens with zero attached hydrogens (tertiary/aromatic N) is 1. The van der Waals surface area contributed by atoms with Crippen LogP contribution in [0.4, 0.5) is 5.69 Å². The Kier molecular flexibility index (Phi) is 4.07. The van der Waals surface area contributed by atoms with E-state index in [2.05, 4.69) is 25.9 Å². The van der Waals surface area contributed by atoms with E-state index in [4.69, 9.17) is 10.5 Å². The average Bonchev–Trinajstić information content (AvgIpc) is 2.88. The molecule has 3 aromatic rings. The molecule has 0 amide bonds.